The molecule has 7 heteroatoms. The zero-order valence-electron chi connectivity index (χ0n) is 19.9. The maximum absolute atomic E-state index is 13.0. The molecule has 0 saturated heterocycles. The lowest BCUT2D eigenvalue weighted by atomic mass is 10.0. The molecule has 0 radical (unpaired) electrons. The number of esters is 2. The zero-order chi connectivity index (χ0) is 25.1. The lowest BCUT2D eigenvalue weighted by Crippen LogP contribution is -2.13. The highest BCUT2D eigenvalue weighted by molar-refractivity contribution is 7.57. The summed E-state index contributed by atoms with van der Waals surface area (Å²) >= 11 is 0. The van der Waals surface area contributed by atoms with Gasteiger partial charge in [0.2, 0.25) is 7.37 Å². The summed E-state index contributed by atoms with van der Waals surface area (Å²) < 4.78 is 23.4. The molecule has 1 unspecified atom stereocenters. The van der Waals surface area contributed by atoms with Gasteiger partial charge in [-0.25, -0.2) is 9.59 Å². The van der Waals surface area contributed by atoms with Crippen molar-refractivity contribution in [3.8, 4) is 0 Å². The molecule has 6 nitrogen and oxygen atoms in total. The normalized spacial score (nSPS) is 12.5. The molecule has 184 valence electrons. The Bertz CT molecular complexity index is 1160. The summed E-state index contributed by atoms with van der Waals surface area (Å²) in [5.41, 5.74) is 2.67. The quantitative estimate of drug-likeness (QED) is 0.245. The average molecular weight is 495 g/mol. The first-order valence-electron chi connectivity index (χ1n) is 11.7. The van der Waals surface area contributed by atoms with Gasteiger partial charge in [0.1, 0.15) is 13.2 Å². The number of carbonyl (C=O) groups is 2. The van der Waals surface area contributed by atoms with Gasteiger partial charge in [0, 0.05) is 12.3 Å². The van der Waals surface area contributed by atoms with E-state index in [1.807, 2.05) is 67.6 Å². The van der Waals surface area contributed by atoms with Crippen LogP contribution in [-0.4, -0.2) is 29.2 Å². The molecular weight excluding hydrogens is 463 g/mol. The fraction of sp³-hybridized carbons (Fsp3) is 0.286. The number of ether oxygens (including phenoxy) is 2. The largest absolute Gasteiger partial charge is 0.457 e. The van der Waals surface area contributed by atoms with Crippen molar-refractivity contribution in [2.45, 2.75) is 39.4 Å². The third kappa shape index (κ3) is 8.50. The number of hydrogen-bond acceptors (Lipinski definition) is 5. The Labute approximate surface area is 206 Å². The van der Waals surface area contributed by atoms with E-state index in [2.05, 4.69) is 0 Å². The number of carbonyl (C=O) groups excluding carboxylic acids is 2. The fourth-order valence-electron chi connectivity index (χ4n) is 3.53. The van der Waals surface area contributed by atoms with E-state index < -0.39 is 19.3 Å². The summed E-state index contributed by atoms with van der Waals surface area (Å²) in [5.74, 6) is -1.16. The molecule has 35 heavy (non-hydrogen) atoms. The Balaban J connectivity index is 1.77. The first-order chi connectivity index (χ1) is 16.9. The third-order valence-electron chi connectivity index (χ3n) is 5.58. The van der Waals surface area contributed by atoms with Gasteiger partial charge in [-0.2, -0.15) is 0 Å². The molecule has 0 aromatic heterocycles. The summed E-state index contributed by atoms with van der Waals surface area (Å²) in [6.45, 7) is 2.16. The monoisotopic (exact) mass is 494 g/mol. The summed E-state index contributed by atoms with van der Waals surface area (Å²) in [6.07, 6.45) is 2.05. The predicted octanol–water partition coefficient (Wildman–Crippen LogP) is 6.01. The SMILES string of the molecule is CCCCP(=O)(O)CCc1ccc(C(=O)OCc2ccccc2)cc1C(=O)OCc1ccccc1. The maximum Gasteiger partial charge on any atom is 0.338 e. The Hall–Kier alpha value is -3.21. The van der Waals surface area contributed by atoms with E-state index in [0.717, 1.165) is 17.5 Å². The molecule has 0 heterocycles. The molecule has 0 amide bonds. The smallest absolute Gasteiger partial charge is 0.338 e. The second kappa shape index (κ2) is 13.0. The molecule has 1 atom stereocenters. The Morgan fingerprint density at radius 1 is 0.800 bits per heavy atom. The van der Waals surface area contributed by atoms with Gasteiger partial charge >= 0.3 is 11.9 Å². The van der Waals surface area contributed by atoms with E-state index >= 15 is 0 Å². The second-order valence-corrected chi connectivity index (χ2v) is 11.0. The lowest BCUT2D eigenvalue weighted by Gasteiger charge is -2.14. The van der Waals surface area contributed by atoms with Gasteiger partial charge in [-0.05, 0) is 41.7 Å². The number of hydrogen-bond donors (Lipinski definition) is 1. The number of aryl methyl sites for hydroxylation is 1. The first kappa shape index (κ1) is 26.4. The van der Waals surface area contributed by atoms with Crippen LogP contribution in [0.4, 0.5) is 0 Å². The first-order valence-corrected chi connectivity index (χ1v) is 13.8. The van der Waals surface area contributed by atoms with E-state index in [9.17, 15) is 19.0 Å². The van der Waals surface area contributed by atoms with E-state index in [-0.39, 0.29) is 43.1 Å². The maximum atomic E-state index is 13.0. The third-order valence-corrected chi connectivity index (χ3v) is 7.52. The van der Waals surface area contributed by atoms with E-state index in [0.29, 0.717) is 12.0 Å². The Morgan fingerprint density at radius 3 is 1.94 bits per heavy atom. The van der Waals surface area contributed by atoms with Gasteiger partial charge in [0.25, 0.3) is 0 Å². The summed E-state index contributed by atoms with van der Waals surface area (Å²) in [7, 11) is -3.31. The van der Waals surface area contributed by atoms with Crippen LogP contribution in [0, 0.1) is 0 Å². The van der Waals surface area contributed by atoms with Crippen LogP contribution in [-0.2, 0) is 33.7 Å². The van der Waals surface area contributed by atoms with Crippen LogP contribution in [0.25, 0.3) is 0 Å². The predicted molar refractivity (Wildman–Crippen MR) is 136 cm³/mol. The van der Waals surface area contributed by atoms with Gasteiger partial charge in [-0.15, -0.1) is 0 Å². The van der Waals surface area contributed by atoms with Crippen molar-refractivity contribution < 1.29 is 28.5 Å². The lowest BCUT2D eigenvalue weighted by molar-refractivity contribution is 0.0469. The van der Waals surface area contributed by atoms with Gasteiger partial charge in [0.15, 0.2) is 0 Å². The molecule has 0 saturated carbocycles. The van der Waals surface area contributed by atoms with Crippen molar-refractivity contribution >= 4 is 19.3 Å². The van der Waals surface area contributed by atoms with Crippen LogP contribution in [0.5, 0.6) is 0 Å². The molecule has 0 spiro atoms. The van der Waals surface area contributed by atoms with Crippen molar-refractivity contribution in [2.24, 2.45) is 0 Å². The number of benzene rings is 3. The van der Waals surface area contributed by atoms with Gasteiger partial charge in [0.05, 0.1) is 11.1 Å². The fourth-order valence-corrected chi connectivity index (χ4v) is 5.16. The summed E-state index contributed by atoms with van der Waals surface area (Å²) in [4.78, 5) is 35.9. The topological polar surface area (TPSA) is 89.9 Å². The Kier molecular flexibility index (Phi) is 9.83. The molecule has 0 aliphatic carbocycles. The molecule has 0 aliphatic rings. The van der Waals surface area contributed by atoms with Crippen LogP contribution < -0.4 is 0 Å². The van der Waals surface area contributed by atoms with Crippen LogP contribution in [0.3, 0.4) is 0 Å². The summed E-state index contributed by atoms with van der Waals surface area (Å²) in [5, 5.41) is 0. The van der Waals surface area contributed by atoms with Crippen LogP contribution in [0.1, 0.15) is 57.2 Å². The molecule has 1 N–H and O–H groups in total. The summed E-state index contributed by atoms with van der Waals surface area (Å²) in [6, 6.07) is 23.3. The molecule has 0 bridgehead atoms. The zero-order valence-corrected chi connectivity index (χ0v) is 20.8. The number of rotatable bonds is 12. The number of unbranched alkanes of at least 4 members (excludes halogenated alkanes) is 1. The molecule has 0 aliphatic heterocycles. The molecular formula is C28H31O6P. The van der Waals surface area contributed by atoms with Crippen LogP contribution in [0.15, 0.2) is 78.9 Å². The molecule has 3 aromatic rings. The van der Waals surface area contributed by atoms with E-state index in [1.165, 1.54) is 6.07 Å². The van der Waals surface area contributed by atoms with Gasteiger partial charge < -0.3 is 14.4 Å². The van der Waals surface area contributed by atoms with Crippen molar-refractivity contribution in [2.75, 3.05) is 12.3 Å². The minimum Gasteiger partial charge on any atom is -0.457 e. The van der Waals surface area contributed by atoms with Gasteiger partial charge in [-0.3, -0.25) is 4.57 Å². The van der Waals surface area contributed by atoms with Crippen LogP contribution in [0.2, 0.25) is 0 Å². The molecule has 3 aromatic carbocycles. The highest BCUT2D eigenvalue weighted by Gasteiger charge is 2.22. The average Bonchev–Trinajstić information content (AvgIpc) is 2.89. The van der Waals surface area contributed by atoms with Crippen molar-refractivity contribution in [1.29, 1.82) is 0 Å². The minimum atomic E-state index is -3.31. The van der Waals surface area contributed by atoms with Crippen molar-refractivity contribution in [3.05, 3.63) is 107 Å². The van der Waals surface area contributed by atoms with Crippen LogP contribution >= 0.6 is 7.37 Å². The van der Waals surface area contributed by atoms with Gasteiger partial charge in [-0.1, -0.05) is 80.1 Å². The van der Waals surface area contributed by atoms with Crippen molar-refractivity contribution in [3.63, 3.8) is 0 Å². The minimum absolute atomic E-state index is 0.0593. The second-order valence-electron chi connectivity index (χ2n) is 8.39. The highest BCUT2D eigenvalue weighted by Crippen LogP contribution is 2.42. The highest BCUT2D eigenvalue weighted by atomic mass is 31.2. The van der Waals surface area contributed by atoms with E-state index in [4.69, 9.17) is 9.47 Å². The van der Waals surface area contributed by atoms with E-state index in [1.54, 1.807) is 12.1 Å². The Morgan fingerprint density at radius 2 is 1.37 bits per heavy atom. The molecule has 0 fully saturated rings. The van der Waals surface area contributed by atoms with Crippen molar-refractivity contribution in [1.82, 2.24) is 0 Å². The standard InChI is InChI=1S/C28H31O6P/c1-2-3-17-35(31,32)18-16-24-14-15-25(27(29)33-20-22-10-6-4-7-11-22)19-26(24)28(30)34-21-23-12-8-5-9-13-23/h4-15,19H,2-3,16-18,20-21H2,1H3,(H,31,32). The molecule has 3 rings (SSSR count).